The molecule has 3 atom stereocenters. The average Bonchev–Trinajstić information content (AvgIpc) is 2.75. The number of hydrogen-bond acceptors (Lipinski definition) is 3. The summed E-state index contributed by atoms with van der Waals surface area (Å²) in [7, 11) is 0. The van der Waals surface area contributed by atoms with Crippen LogP contribution in [-0.2, 0) is 4.79 Å². The van der Waals surface area contributed by atoms with Crippen molar-refractivity contribution < 1.29 is 4.79 Å². The van der Waals surface area contributed by atoms with Gasteiger partial charge in [-0.3, -0.25) is 4.79 Å². The molecule has 2 aliphatic rings. The van der Waals surface area contributed by atoms with Crippen molar-refractivity contribution in [3.05, 3.63) is 0 Å². The summed E-state index contributed by atoms with van der Waals surface area (Å²) in [4.78, 5) is 13.8. The van der Waals surface area contributed by atoms with E-state index in [2.05, 4.69) is 6.26 Å². The number of hydrogen-bond donors (Lipinski definition) is 1. The lowest BCUT2D eigenvalue weighted by Crippen LogP contribution is -2.43. The Morgan fingerprint density at radius 1 is 1.43 bits per heavy atom. The van der Waals surface area contributed by atoms with E-state index >= 15 is 0 Å². The molecule has 2 rings (SSSR count). The maximum Gasteiger partial charge on any atom is 0.239 e. The zero-order valence-corrected chi connectivity index (χ0v) is 9.43. The van der Waals surface area contributed by atoms with Crippen molar-refractivity contribution in [2.45, 2.75) is 43.0 Å². The van der Waals surface area contributed by atoms with Gasteiger partial charge >= 0.3 is 0 Å². The van der Waals surface area contributed by atoms with Gasteiger partial charge in [0.1, 0.15) is 0 Å². The van der Waals surface area contributed by atoms with E-state index in [9.17, 15) is 4.79 Å². The van der Waals surface area contributed by atoms with Gasteiger partial charge < -0.3 is 10.6 Å². The molecule has 3 unspecified atom stereocenters. The van der Waals surface area contributed by atoms with Gasteiger partial charge in [0, 0.05) is 17.8 Å². The summed E-state index contributed by atoms with van der Waals surface area (Å²) in [5.74, 6) is 0.177. The highest BCUT2D eigenvalue weighted by Crippen LogP contribution is 2.33. The van der Waals surface area contributed by atoms with Crippen LogP contribution in [0, 0.1) is 0 Å². The zero-order valence-electron chi connectivity index (χ0n) is 8.61. The summed E-state index contributed by atoms with van der Waals surface area (Å²) in [6.07, 6.45) is 6.67. The molecule has 1 saturated carbocycles. The predicted molar refractivity (Wildman–Crippen MR) is 59.2 cm³/mol. The largest absolute Gasteiger partial charge is 0.337 e. The minimum absolute atomic E-state index is 0.177. The first-order valence-corrected chi connectivity index (χ1v) is 6.61. The Morgan fingerprint density at radius 3 is 2.79 bits per heavy atom. The number of likely N-dealkylation sites (tertiary alicyclic amines) is 1. The first-order valence-electron chi connectivity index (χ1n) is 5.33. The van der Waals surface area contributed by atoms with Crippen molar-refractivity contribution in [2.24, 2.45) is 5.73 Å². The minimum atomic E-state index is -0.224. The maximum absolute atomic E-state index is 11.7. The zero-order chi connectivity index (χ0) is 10.1. The molecule has 80 valence electrons. The molecule has 1 heterocycles. The van der Waals surface area contributed by atoms with Crippen LogP contribution in [0.4, 0.5) is 0 Å². The number of nitrogens with two attached hydrogens (primary N) is 1. The van der Waals surface area contributed by atoms with Gasteiger partial charge in [0.05, 0.1) is 6.04 Å². The second-order valence-electron chi connectivity index (χ2n) is 4.20. The van der Waals surface area contributed by atoms with Crippen LogP contribution in [0.2, 0.25) is 0 Å². The molecule has 0 spiro atoms. The Balaban J connectivity index is 2.04. The number of carbonyl (C=O) groups is 1. The van der Waals surface area contributed by atoms with Crippen LogP contribution in [0.25, 0.3) is 0 Å². The Bertz CT molecular complexity index is 234. The van der Waals surface area contributed by atoms with E-state index in [-0.39, 0.29) is 11.9 Å². The van der Waals surface area contributed by atoms with Crippen LogP contribution < -0.4 is 5.73 Å². The maximum atomic E-state index is 11.7. The van der Waals surface area contributed by atoms with Gasteiger partial charge in [-0.25, -0.2) is 0 Å². The molecule has 0 aromatic rings. The van der Waals surface area contributed by atoms with Gasteiger partial charge in [0.15, 0.2) is 0 Å². The number of carbonyl (C=O) groups excluding carboxylic acids is 1. The Hall–Kier alpha value is -0.220. The van der Waals surface area contributed by atoms with Crippen molar-refractivity contribution in [3.63, 3.8) is 0 Å². The standard InChI is InChI=1S/C10H18N2OS/c1-14-9-4-2-3-8(9)12-6-5-7(11)10(12)13/h7-9H,2-6,11H2,1H3. The molecule has 3 nitrogen and oxygen atoms in total. The third-order valence-electron chi connectivity index (χ3n) is 3.40. The lowest BCUT2D eigenvalue weighted by Gasteiger charge is -2.28. The molecule has 14 heavy (non-hydrogen) atoms. The molecule has 1 aliphatic heterocycles. The summed E-state index contributed by atoms with van der Waals surface area (Å²) in [5, 5.41) is 0.643. The second kappa shape index (κ2) is 4.11. The van der Waals surface area contributed by atoms with Gasteiger partial charge in [-0.05, 0) is 25.5 Å². The van der Waals surface area contributed by atoms with E-state index in [1.807, 2.05) is 16.7 Å². The molecule has 1 aliphatic carbocycles. The number of rotatable bonds is 2. The normalized spacial score (nSPS) is 38.3. The SMILES string of the molecule is CSC1CCCC1N1CCC(N)C1=O. The van der Waals surface area contributed by atoms with Gasteiger partial charge in [-0.1, -0.05) is 6.42 Å². The highest BCUT2D eigenvalue weighted by atomic mass is 32.2. The number of amides is 1. The van der Waals surface area contributed by atoms with E-state index in [1.165, 1.54) is 19.3 Å². The lowest BCUT2D eigenvalue weighted by atomic mass is 10.2. The molecule has 0 radical (unpaired) electrons. The van der Waals surface area contributed by atoms with Crippen LogP contribution in [0.1, 0.15) is 25.7 Å². The summed E-state index contributed by atoms with van der Waals surface area (Å²) < 4.78 is 0. The van der Waals surface area contributed by atoms with E-state index in [0.29, 0.717) is 11.3 Å². The molecular weight excluding hydrogens is 196 g/mol. The van der Waals surface area contributed by atoms with Gasteiger partial charge in [0.2, 0.25) is 5.91 Å². The Labute approximate surface area is 89.4 Å². The van der Waals surface area contributed by atoms with Gasteiger partial charge in [-0.15, -0.1) is 0 Å². The molecule has 0 aromatic carbocycles. The van der Waals surface area contributed by atoms with Gasteiger partial charge in [-0.2, -0.15) is 11.8 Å². The molecule has 1 saturated heterocycles. The quantitative estimate of drug-likeness (QED) is 0.740. The van der Waals surface area contributed by atoms with Crippen molar-refractivity contribution in [1.82, 2.24) is 4.90 Å². The van der Waals surface area contributed by atoms with Crippen LogP contribution in [0.5, 0.6) is 0 Å². The van der Waals surface area contributed by atoms with Gasteiger partial charge in [0.25, 0.3) is 0 Å². The second-order valence-corrected chi connectivity index (χ2v) is 5.28. The van der Waals surface area contributed by atoms with Crippen molar-refractivity contribution >= 4 is 17.7 Å². The molecule has 2 N–H and O–H groups in total. The Kier molecular flexibility index (Phi) is 3.02. The van der Waals surface area contributed by atoms with E-state index in [4.69, 9.17) is 5.73 Å². The first kappa shape index (κ1) is 10.3. The fourth-order valence-electron chi connectivity index (χ4n) is 2.59. The topological polar surface area (TPSA) is 46.3 Å². The summed E-state index contributed by atoms with van der Waals surface area (Å²) in [6, 6.07) is 0.240. The van der Waals surface area contributed by atoms with Crippen molar-refractivity contribution in [2.75, 3.05) is 12.8 Å². The van der Waals surface area contributed by atoms with Crippen LogP contribution in [-0.4, -0.2) is 40.9 Å². The molecule has 0 bridgehead atoms. The fraction of sp³-hybridized carbons (Fsp3) is 0.900. The van der Waals surface area contributed by atoms with E-state index in [1.54, 1.807) is 0 Å². The Morgan fingerprint density at radius 2 is 2.21 bits per heavy atom. The number of thioether (sulfide) groups is 1. The summed E-state index contributed by atoms with van der Waals surface area (Å²) in [5.41, 5.74) is 5.73. The van der Waals surface area contributed by atoms with Crippen LogP contribution in [0.15, 0.2) is 0 Å². The highest BCUT2D eigenvalue weighted by Gasteiger charge is 2.39. The smallest absolute Gasteiger partial charge is 0.239 e. The molecule has 2 fully saturated rings. The number of nitrogens with zero attached hydrogens (tertiary/aromatic N) is 1. The average molecular weight is 214 g/mol. The molecule has 0 aromatic heterocycles. The summed E-state index contributed by atoms with van der Waals surface area (Å²) in [6.45, 7) is 0.877. The molecular formula is C10H18N2OS. The van der Waals surface area contributed by atoms with E-state index < -0.39 is 0 Å². The fourth-order valence-corrected chi connectivity index (χ4v) is 3.59. The predicted octanol–water partition coefficient (Wildman–Crippen LogP) is 0.830. The minimum Gasteiger partial charge on any atom is -0.337 e. The third-order valence-corrected chi connectivity index (χ3v) is 4.56. The van der Waals surface area contributed by atoms with E-state index in [0.717, 1.165) is 13.0 Å². The summed E-state index contributed by atoms with van der Waals surface area (Å²) >= 11 is 1.90. The third kappa shape index (κ3) is 1.65. The van der Waals surface area contributed by atoms with Crippen LogP contribution in [0.3, 0.4) is 0 Å². The first-order chi connectivity index (χ1) is 6.74. The van der Waals surface area contributed by atoms with Crippen molar-refractivity contribution in [1.29, 1.82) is 0 Å². The molecule has 4 heteroatoms. The van der Waals surface area contributed by atoms with Crippen molar-refractivity contribution in [3.8, 4) is 0 Å². The monoisotopic (exact) mass is 214 g/mol. The molecule has 1 amide bonds. The van der Waals surface area contributed by atoms with Crippen LogP contribution >= 0.6 is 11.8 Å². The highest BCUT2D eigenvalue weighted by molar-refractivity contribution is 7.99. The lowest BCUT2D eigenvalue weighted by molar-refractivity contribution is -0.130.